The summed E-state index contributed by atoms with van der Waals surface area (Å²) in [5.41, 5.74) is 2.17. The number of rotatable bonds is 4. The van der Waals surface area contributed by atoms with Crippen molar-refractivity contribution in [3.8, 4) is 0 Å². The van der Waals surface area contributed by atoms with E-state index in [1.54, 1.807) is 0 Å². The van der Waals surface area contributed by atoms with Crippen molar-refractivity contribution in [2.75, 3.05) is 18.0 Å². The zero-order chi connectivity index (χ0) is 20.8. The minimum absolute atomic E-state index is 0.110. The highest BCUT2D eigenvalue weighted by atomic mass is 16.6. The Morgan fingerprint density at radius 1 is 1.31 bits per heavy atom. The van der Waals surface area contributed by atoms with Gasteiger partial charge in [0.25, 0.3) is 0 Å². The van der Waals surface area contributed by atoms with Crippen LogP contribution in [0, 0.1) is 6.92 Å². The Labute approximate surface area is 169 Å². The molecule has 1 aliphatic heterocycles. The number of carbonyl (C=O) groups excluding carboxylic acids is 1. The third-order valence-corrected chi connectivity index (χ3v) is 5.11. The lowest BCUT2D eigenvalue weighted by Crippen LogP contribution is -2.27. The van der Waals surface area contributed by atoms with Crippen LogP contribution < -0.4 is 4.90 Å². The lowest BCUT2D eigenvalue weighted by atomic mass is 9.95. The molecule has 154 valence electrons. The first-order valence-electron chi connectivity index (χ1n) is 9.80. The van der Waals surface area contributed by atoms with Gasteiger partial charge in [0.15, 0.2) is 0 Å². The molecule has 1 saturated heterocycles. The topological polar surface area (TPSA) is 99.2 Å². The Bertz CT molecular complexity index is 1050. The summed E-state index contributed by atoms with van der Waals surface area (Å²) in [5, 5.41) is 8.83. The number of aromatic nitrogens is 5. The zero-order valence-electron chi connectivity index (χ0n) is 17.5. The van der Waals surface area contributed by atoms with Crippen molar-refractivity contribution >= 4 is 22.8 Å². The average Bonchev–Trinajstić information content (AvgIpc) is 3.35. The van der Waals surface area contributed by atoms with Gasteiger partial charge in [-0.2, -0.15) is 0 Å². The first-order chi connectivity index (χ1) is 13.7. The molecule has 9 nitrogen and oxygen atoms in total. The summed E-state index contributed by atoms with van der Waals surface area (Å²) < 4.78 is 12.3. The van der Waals surface area contributed by atoms with Crippen LogP contribution in [0.3, 0.4) is 0 Å². The molecule has 29 heavy (non-hydrogen) atoms. The summed E-state index contributed by atoms with van der Waals surface area (Å²) in [6.45, 7) is 11.6. The Kier molecular flexibility index (Phi) is 4.76. The normalized spacial score (nSPS) is 17.3. The maximum atomic E-state index is 11.3. The summed E-state index contributed by atoms with van der Waals surface area (Å²) >= 11 is 0. The summed E-state index contributed by atoms with van der Waals surface area (Å²) in [6.07, 6.45) is 2.67. The maximum absolute atomic E-state index is 11.3. The van der Waals surface area contributed by atoms with Crippen molar-refractivity contribution in [2.24, 2.45) is 0 Å². The average molecular weight is 398 g/mol. The van der Waals surface area contributed by atoms with Gasteiger partial charge in [0.2, 0.25) is 0 Å². The molecule has 0 N–H and O–H groups in total. The van der Waals surface area contributed by atoms with Crippen molar-refractivity contribution in [1.82, 2.24) is 24.8 Å². The number of aryl methyl sites for hydroxylation is 1. The molecule has 0 spiro atoms. The molecule has 3 aromatic heterocycles. The molecule has 1 atom stereocenters. The van der Waals surface area contributed by atoms with Gasteiger partial charge in [-0.25, -0.2) is 14.6 Å². The van der Waals surface area contributed by atoms with Gasteiger partial charge in [-0.15, -0.1) is 0 Å². The van der Waals surface area contributed by atoms with Gasteiger partial charge >= 0.3 is 5.97 Å². The van der Waals surface area contributed by atoms with Gasteiger partial charge in [0.05, 0.1) is 18.5 Å². The number of hydrogen-bond acceptors (Lipinski definition) is 8. The van der Waals surface area contributed by atoms with E-state index in [-0.39, 0.29) is 17.5 Å². The molecule has 4 rings (SSSR count). The van der Waals surface area contributed by atoms with Gasteiger partial charge in [0.1, 0.15) is 34.8 Å². The SMILES string of the molecule is CC(=O)OC1CCN(c2nc(C(C)(C)C)nc3c2ccn3Cc2nonc2C)C1. The minimum atomic E-state index is -0.247. The molecule has 1 aliphatic rings. The largest absolute Gasteiger partial charge is 0.461 e. The van der Waals surface area contributed by atoms with Crippen LogP contribution in [0.5, 0.6) is 0 Å². The molecule has 4 heterocycles. The van der Waals surface area contributed by atoms with Gasteiger partial charge in [-0.05, 0) is 13.0 Å². The standard InChI is InChI=1S/C20H26N6O3/c1-12-16(24-29-23-12)11-26-9-7-15-17(21-19(20(3,4)5)22-18(15)26)25-8-6-14(10-25)28-13(2)27/h7,9,14H,6,8,10-11H2,1-5H3. The molecule has 0 aliphatic carbocycles. The number of hydrogen-bond donors (Lipinski definition) is 0. The molecule has 1 fully saturated rings. The van der Waals surface area contributed by atoms with Crippen LogP contribution in [0.2, 0.25) is 0 Å². The van der Waals surface area contributed by atoms with Crippen molar-refractivity contribution < 1.29 is 14.2 Å². The predicted octanol–water partition coefficient (Wildman–Crippen LogP) is 2.61. The number of fused-ring (bicyclic) bond motifs is 1. The van der Waals surface area contributed by atoms with E-state index in [1.165, 1.54) is 6.92 Å². The molecule has 3 aromatic rings. The van der Waals surface area contributed by atoms with E-state index >= 15 is 0 Å². The fourth-order valence-corrected chi connectivity index (χ4v) is 3.56. The Balaban J connectivity index is 1.76. The van der Waals surface area contributed by atoms with E-state index in [0.29, 0.717) is 13.1 Å². The van der Waals surface area contributed by atoms with Crippen LogP contribution >= 0.6 is 0 Å². The number of anilines is 1. The number of ether oxygens (including phenoxy) is 1. The molecular weight excluding hydrogens is 372 g/mol. The molecule has 0 bridgehead atoms. The first-order valence-corrected chi connectivity index (χ1v) is 9.80. The summed E-state index contributed by atoms with van der Waals surface area (Å²) in [6, 6.07) is 2.03. The Morgan fingerprint density at radius 3 is 2.76 bits per heavy atom. The van der Waals surface area contributed by atoms with E-state index in [4.69, 9.17) is 19.3 Å². The quantitative estimate of drug-likeness (QED) is 0.619. The van der Waals surface area contributed by atoms with Crippen molar-refractivity contribution in [3.05, 3.63) is 29.5 Å². The zero-order valence-corrected chi connectivity index (χ0v) is 17.5. The fourth-order valence-electron chi connectivity index (χ4n) is 3.56. The van der Waals surface area contributed by atoms with Crippen molar-refractivity contribution in [3.63, 3.8) is 0 Å². The van der Waals surface area contributed by atoms with E-state index in [1.807, 2.05) is 23.8 Å². The van der Waals surface area contributed by atoms with Gasteiger partial charge < -0.3 is 14.2 Å². The van der Waals surface area contributed by atoms with Crippen LogP contribution in [0.1, 0.15) is 51.3 Å². The van der Waals surface area contributed by atoms with E-state index in [9.17, 15) is 4.79 Å². The summed E-state index contributed by atoms with van der Waals surface area (Å²) in [4.78, 5) is 23.3. The Morgan fingerprint density at radius 2 is 2.10 bits per heavy atom. The highest BCUT2D eigenvalue weighted by Gasteiger charge is 2.29. The molecule has 0 radical (unpaired) electrons. The number of carbonyl (C=O) groups is 1. The second-order valence-corrected chi connectivity index (χ2v) is 8.56. The molecule has 0 aromatic carbocycles. The minimum Gasteiger partial charge on any atom is -0.461 e. The van der Waals surface area contributed by atoms with Crippen molar-refractivity contribution in [1.29, 1.82) is 0 Å². The van der Waals surface area contributed by atoms with Crippen LogP contribution in [-0.4, -0.2) is 50.0 Å². The van der Waals surface area contributed by atoms with Crippen LogP contribution in [-0.2, 0) is 21.5 Å². The highest BCUT2D eigenvalue weighted by Crippen LogP contribution is 2.31. The fraction of sp³-hybridized carbons (Fsp3) is 0.550. The molecular formula is C20H26N6O3. The third-order valence-electron chi connectivity index (χ3n) is 5.11. The third kappa shape index (κ3) is 3.81. The van der Waals surface area contributed by atoms with Gasteiger partial charge in [0, 0.05) is 31.5 Å². The predicted molar refractivity (Wildman–Crippen MR) is 107 cm³/mol. The lowest BCUT2D eigenvalue weighted by Gasteiger charge is -2.23. The lowest BCUT2D eigenvalue weighted by molar-refractivity contribution is -0.145. The summed E-state index contributed by atoms with van der Waals surface area (Å²) in [7, 11) is 0. The maximum Gasteiger partial charge on any atom is 0.302 e. The number of nitrogens with zero attached hydrogens (tertiary/aromatic N) is 6. The smallest absolute Gasteiger partial charge is 0.302 e. The monoisotopic (exact) mass is 398 g/mol. The van der Waals surface area contributed by atoms with Crippen LogP contribution in [0.4, 0.5) is 5.82 Å². The second kappa shape index (κ2) is 7.13. The molecule has 0 amide bonds. The summed E-state index contributed by atoms with van der Waals surface area (Å²) in [5.74, 6) is 1.40. The second-order valence-electron chi connectivity index (χ2n) is 8.56. The molecule has 0 saturated carbocycles. The van der Waals surface area contributed by atoms with Crippen LogP contribution in [0.15, 0.2) is 16.9 Å². The van der Waals surface area contributed by atoms with Crippen LogP contribution in [0.25, 0.3) is 11.0 Å². The highest BCUT2D eigenvalue weighted by molar-refractivity contribution is 5.88. The van der Waals surface area contributed by atoms with E-state index < -0.39 is 0 Å². The number of esters is 1. The molecule has 1 unspecified atom stereocenters. The van der Waals surface area contributed by atoms with Gasteiger partial charge in [-0.1, -0.05) is 31.1 Å². The molecule has 9 heteroatoms. The Hall–Kier alpha value is -2.97. The van der Waals surface area contributed by atoms with Gasteiger partial charge in [-0.3, -0.25) is 4.79 Å². The van der Waals surface area contributed by atoms with Crippen molar-refractivity contribution in [2.45, 2.75) is 59.1 Å². The van der Waals surface area contributed by atoms with E-state index in [0.717, 1.165) is 47.0 Å². The van der Waals surface area contributed by atoms with E-state index in [2.05, 4.69) is 36.0 Å². The first kappa shape index (κ1) is 19.4.